The van der Waals surface area contributed by atoms with Crippen LogP contribution in [0.1, 0.15) is 11.4 Å². The van der Waals surface area contributed by atoms with E-state index in [4.69, 9.17) is 10.5 Å². The second-order valence-electron chi connectivity index (χ2n) is 1.75. The quantitative estimate of drug-likeness (QED) is 0.659. The summed E-state index contributed by atoms with van der Waals surface area (Å²) in [5.41, 5.74) is 0.589. The predicted molar refractivity (Wildman–Crippen MR) is 46.4 cm³/mol. The first-order chi connectivity index (χ1) is 5.27. The molecule has 3 nitrogen and oxygen atoms in total. The van der Waals surface area contributed by atoms with E-state index in [2.05, 4.69) is 4.98 Å². The smallest absolute Gasteiger partial charge is 0.155 e. The molecule has 0 unspecified atom stereocenters. The van der Waals surface area contributed by atoms with E-state index in [0.29, 0.717) is 5.69 Å². The lowest BCUT2D eigenvalue weighted by atomic mass is 10.3. The van der Waals surface area contributed by atoms with E-state index < -0.39 is 0 Å². The SMILES string of the molecule is N#Cc1ccc(I)c(C#N)n1. The molecule has 4 heteroatoms. The van der Waals surface area contributed by atoms with Crippen molar-refractivity contribution in [2.75, 3.05) is 0 Å². The molecule has 0 N–H and O–H groups in total. The van der Waals surface area contributed by atoms with Gasteiger partial charge >= 0.3 is 0 Å². The molecule has 1 heterocycles. The average molecular weight is 255 g/mol. The van der Waals surface area contributed by atoms with Crippen molar-refractivity contribution in [3.8, 4) is 12.1 Å². The summed E-state index contributed by atoms with van der Waals surface area (Å²) in [7, 11) is 0. The Morgan fingerprint density at radius 2 is 2.00 bits per heavy atom. The summed E-state index contributed by atoms with van der Waals surface area (Å²) < 4.78 is 0.768. The zero-order valence-electron chi connectivity index (χ0n) is 5.37. The van der Waals surface area contributed by atoms with Crippen molar-refractivity contribution < 1.29 is 0 Å². The van der Waals surface area contributed by atoms with Crippen LogP contribution in [-0.2, 0) is 0 Å². The van der Waals surface area contributed by atoms with Gasteiger partial charge in [0.25, 0.3) is 0 Å². The highest BCUT2D eigenvalue weighted by Crippen LogP contribution is 2.08. The van der Waals surface area contributed by atoms with Crippen LogP contribution in [0.2, 0.25) is 0 Å². The Bertz CT molecular complexity index is 359. The van der Waals surface area contributed by atoms with E-state index in [1.54, 1.807) is 12.1 Å². The standard InChI is InChI=1S/C7H2IN3/c8-6-2-1-5(3-9)11-7(6)4-10/h1-2H. The second kappa shape index (κ2) is 3.31. The van der Waals surface area contributed by atoms with Crippen LogP contribution < -0.4 is 0 Å². The Morgan fingerprint density at radius 3 is 2.55 bits per heavy atom. The lowest BCUT2D eigenvalue weighted by Crippen LogP contribution is -1.90. The fourth-order valence-electron chi connectivity index (χ4n) is 0.583. The summed E-state index contributed by atoms with van der Waals surface area (Å²) in [6, 6.07) is 7.05. The predicted octanol–water partition coefficient (Wildman–Crippen LogP) is 1.43. The topological polar surface area (TPSA) is 60.5 Å². The number of pyridine rings is 1. The number of hydrogen-bond acceptors (Lipinski definition) is 3. The van der Waals surface area contributed by atoms with Gasteiger partial charge in [-0.1, -0.05) is 0 Å². The molecule has 0 aliphatic heterocycles. The van der Waals surface area contributed by atoms with E-state index in [0.717, 1.165) is 3.57 Å². The number of halogens is 1. The second-order valence-corrected chi connectivity index (χ2v) is 2.91. The van der Waals surface area contributed by atoms with Gasteiger partial charge in [-0.2, -0.15) is 10.5 Å². The van der Waals surface area contributed by atoms with Crippen molar-refractivity contribution in [3.05, 3.63) is 27.1 Å². The van der Waals surface area contributed by atoms with Gasteiger partial charge in [0.2, 0.25) is 0 Å². The Kier molecular flexibility index (Phi) is 2.40. The molecule has 0 atom stereocenters. The van der Waals surface area contributed by atoms with E-state index in [9.17, 15) is 0 Å². The van der Waals surface area contributed by atoms with Crippen molar-refractivity contribution in [3.63, 3.8) is 0 Å². The zero-order chi connectivity index (χ0) is 8.27. The molecule has 1 rings (SSSR count). The van der Waals surface area contributed by atoms with Crippen LogP contribution in [-0.4, -0.2) is 4.98 Å². The van der Waals surface area contributed by atoms with Crippen LogP contribution in [0.5, 0.6) is 0 Å². The first-order valence-electron chi connectivity index (χ1n) is 2.74. The van der Waals surface area contributed by atoms with Crippen LogP contribution in [0.3, 0.4) is 0 Å². The molecule has 1 aromatic heterocycles. The highest BCUT2D eigenvalue weighted by atomic mass is 127. The summed E-state index contributed by atoms with van der Waals surface area (Å²) in [6.45, 7) is 0. The fraction of sp³-hybridized carbons (Fsp3) is 0. The minimum atomic E-state index is 0.280. The largest absolute Gasteiger partial charge is 0.225 e. The lowest BCUT2D eigenvalue weighted by Gasteiger charge is -1.92. The Hall–Kier alpha value is -1.14. The number of nitrogens with zero attached hydrogens (tertiary/aromatic N) is 3. The van der Waals surface area contributed by atoms with Gasteiger partial charge in [0.05, 0.1) is 0 Å². The molecule has 52 valence electrons. The molecule has 0 bridgehead atoms. The number of nitriles is 2. The van der Waals surface area contributed by atoms with Crippen molar-refractivity contribution in [1.29, 1.82) is 10.5 Å². The highest BCUT2D eigenvalue weighted by molar-refractivity contribution is 14.1. The minimum absolute atomic E-state index is 0.280. The van der Waals surface area contributed by atoms with Crippen molar-refractivity contribution in [2.45, 2.75) is 0 Å². The summed E-state index contributed by atoms with van der Waals surface area (Å²) in [4.78, 5) is 3.78. The van der Waals surface area contributed by atoms with Gasteiger partial charge in [-0.15, -0.1) is 0 Å². The maximum absolute atomic E-state index is 8.51. The van der Waals surface area contributed by atoms with Gasteiger partial charge in [-0.25, -0.2) is 4.98 Å². The van der Waals surface area contributed by atoms with Gasteiger partial charge < -0.3 is 0 Å². The van der Waals surface area contributed by atoms with Crippen LogP contribution in [0.25, 0.3) is 0 Å². The van der Waals surface area contributed by atoms with Crippen molar-refractivity contribution >= 4 is 22.6 Å². The molecule has 0 aliphatic carbocycles. The maximum Gasteiger partial charge on any atom is 0.155 e. The first-order valence-corrected chi connectivity index (χ1v) is 3.82. The van der Waals surface area contributed by atoms with E-state index in [1.807, 2.05) is 34.7 Å². The number of hydrogen-bond donors (Lipinski definition) is 0. The minimum Gasteiger partial charge on any atom is -0.225 e. The summed E-state index contributed by atoms with van der Waals surface area (Å²) in [5, 5.41) is 16.9. The lowest BCUT2D eigenvalue weighted by molar-refractivity contribution is 1.20. The van der Waals surface area contributed by atoms with Crippen LogP contribution >= 0.6 is 22.6 Å². The first kappa shape index (κ1) is 7.96. The molecule has 0 aromatic carbocycles. The molecule has 1 aromatic rings. The summed E-state index contributed by atoms with van der Waals surface area (Å²) >= 11 is 2.00. The zero-order valence-corrected chi connectivity index (χ0v) is 7.53. The molecule has 0 amide bonds. The normalized spacial score (nSPS) is 8.27. The molecular weight excluding hydrogens is 253 g/mol. The Labute approximate surface area is 77.4 Å². The third kappa shape index (κ3) is 1.66. The molecule has 0 saturated heterocycles. The Morgan fingerprint density at radius 1 is 1.27 bits per heavy atom. The summed E-state index contributed by atoms with van der Waals surface area (Å²) in [6.07, 6.45) is 0. The maximum atomic E-state index is 8.51. The van der Waals surface area contributed by atoms with E-state index in [1.165, 1.54) is 0 Å². The third-order valence-electron chi connectivity index (χ3n) is 1.07. The molecule has 0 radical (unpaired) electrons. The molecule has 0 aliphatic rings. The van der Waals surface area contributed by atoms with E-state index >= 15 is 0 Å². The third-order valence-corrected chi connectivity index (χ3v) is 1.94. The molecular formula is C7H2IN3. The van der Waals surface area contributed by atoms with Gasteiger partial charge in [0.15, 0.2) is 5.69 Å². The van der Waals surface area contributed by atoms with Crippen molar-refractivity contribution in [2.24, 2.45) is 0 Å². The molecule has 0 fully saturated rings. The monoisotopic (exact) mass is 255 g/mol. The van der Waals surface area contributed by atoms with Gasteiger partial charge in [-0.05, 0) is 34.7 Å². The average Bonchev–Trinajstić information content (AvgIpc) is 2.05. The van der Waals surface area contributed by atoms with Crippen molar-refractivity contribution in [1.82, 2.24) is 4.98 Å². The van der Waals surface area contributed by atoms with Gasteiger partial charge in [0, 0.05) is 3.57 Å². The van der Waals surface area contributed by atoms with E-state index in [-0.39, 0.29) is 5.69 Å². The fourth-order valence-corrected chi connectivity index (χ4v) is 1.00. The van der Waals surface area contributed by atoms with Crippen LogP contribution in [0.15, 0.2) is 12.1 Å². The van der Waals surface area contributed by atoms with Crippen LogP contribution in [0.4, 0.5) is 0 Å². The number of aromatic nitrogens is 1. The van der Waals surface area contributed by atoms with Crippen LogP contribution in [0, 0.1) is 26.2 Å². The Balaban J connectivity index is 3.29. The van der Waals surface area contributed by atoms with Gasteiger partial charge in [-0.3, -0.25) is 0 Å². The van der Waals surface area contributed by atoms with Gasteiger partial charge in [0.1, 0.15) is 17.8 Å². The summed E-state index contributed by atoms with van der Waals surface area (Å²) in [5.74, 6) is 0. The molecule has 0 spiro atoms. The number of rotatable bonds is 0. The molecule has 11 heavy (non-hydrogen) atoms. The molecule has 0 saturated carbocycles. The highest BCUT2D eigenvalue weighted by Gasteiger charge is 2.00.